The molecule has 0 saturated heterocycles. The van der Waals surface area contributed by atoms with E-state index in [1.54, 1.807) is 6.20 Å². The first-order valence-corrected chi connectivity index (χ1v) is 7.00. The van der Waals surface area contributed by atoms with Gasteiger partial charge in [-0.3, -0.25) is 0 Å². The van der Waals surface area contributed by atoms with Gasteiger partial charge in [-0.1, -0.05) is 12.2 Å². The van der Waals surface area contributed by atoms with Crippen LogP contribution in [0.15, 0.2) is 18.3 Å². The van der Waals surface area contributed by atoms with Crippen LogP contribution in [-0.2, 0) is 0 Å². The summed E-state index contributed by atoms with van der Waals surface area (Å²) >= 11 is 5.02. The van der Waals surface area contributed by atoms with E-state index in [9.17, 15) is 0 Å². The van der Waals surface area contributed by atoms with Gasteiger partial charge in [-0.05, 0) is 45.5 Å². The van der Waals surface area contributed by atoms with Crippen molar-refractivity contribution in [2.45, 2.75) is 24.8 Å². The SMILES string of the molecule is CN(CC1(N(C)C)CCC1)c1cc(C(N)=S)ccn1. The quantitative estimate of drug-likeness (QED) is 0.830. The number of thiocarbonyl (C=S) groups is 1. The van der Waals surface area contributed by atoms with Crippen LogP contribution in [0.3, 0.4) is 0 Å². The molecule has 104 valence electrons. The number of hydrogen-bond donors (Lipinski definition) is 1. The standard InChI is InChI=1S/C14H22N4S/c1-17(2)14(6-4-7-14)10-18(3)12-9-11(13(15)19)5-8-16-12/h5,8-9H,4,6-7,10H2,1-3H3,(H2,15,19). The van der Waals surface area contributed by atoms with Crippen LogP contribution in [0.2, 0.25) is 0 Å². The summed E-state index contributed by atoms with van der Waals surface area (Å²) in [5.41, 5.74) is 6.83. The molecule has 0 atom stereocenters. The van der Waals surface area contributed by atoms with Crippen LogP contribution in [0.5, 0.6) is 0 Å². The minimum Gasteiger partial charge on any atom is -0.389 e. The van der Waals surface area contributed by atoms with Gasteiger partial charge < -0.3 is 15.5 Å². The van der Waals surface area contributed by atoms with Gasteiger partial charge in [-0.15, -0.1) is 0 Å². The lowest BCUT2D eigenvalue weighted by Gasteiger charge is -2.49. The van der Waals surface area contributed by atoms with Crippen molar-refractivity contribution >= 4 is 23.0 Å². The number of nitrogens with zero attached hydrogens (tertiary/aromatic N) is 3. The first-order valence-electron chi connectivity index (χ1n) is 6.59. The molecule has 0 aromatic carbocycles. The van der Waals surface area contributed by atoms with Crippen molar-refractivity contribution in [3.63, 3.8) is 0 Å². The fourth-order valence-corrected chi connectivity index (χ4v) is 2.76. The van der Waals surface area contributed by atoms with E-state index in [4.69, 9.17) is 18.0 Å². The van der Waals surface area contributed by atoms with Gasteiger partial charge in [-0.2, -0.15) is 0 Å². The summed E-state index contributed by atoms with van der Waals surface area (Å²) in [7, 11) is 6.40. The monoisotopic (exact) mass is 278 g/mol. The Morgan fingerprint density at radius 3 is 2.58 bits per heavy atom. The number of pyridine rings is 1. The molecule has 0 radical (unpaired) electrons. The second-order valence-electron chi connectivity index (χ2n) is 5.60. The lowest BCUT2D eigenvalue weighted by molar-refractivity contribution is 0.0682. The van der Waals surface area contributed by atoms with E-state index in [1.165, 1.54) is 19.3 Å². The second kappa shape index (κ2) is 5.43. The molecule has 0 bridgehead atoms. The minimum atomic E-state index is 0.287. The highest BCUT2D eigenvalue weighted by molar-refractivity contribution is 7.80. The molecule has 1 aromatic heterocycles. The highest BCUT2D eigenvalue weighted by Crippen LogP contribution is 2.37. The van der Waals surface area contributed by atoms with Crippen LogP contribution in [-0.4, -0.2) is 48.1 Å². The topological polar surface area (TPSA) is 45.4 Å². The molecule has 0 amide bonds. The van der Waals surface area contributed by atoms with E-state index in [0.717, 1.165) is 17.9 Å². The molecule has 0 aliphatic heterocycles. The van der Waals surface area contributed by atoms with Crippen molar-refractivity contribution in [1.29, 1.82) is 0 Å². The Kier molecular flexibility index (Phi) is 4.06. The van der Waals surface area contributed by atoms with Crippen molar-refractivity contribution in [1.82, 2.24) is 9.88 Å². The van der Waals surface area contributed by atoms with Crippen LogP contribution in [0.4, 0.5) is 5.82 Å². The molecule has 1 aliphatic carbocycles. The highest BCUT2D eigenvalue weighted by Gasteiger charge is 2.40. The minimum absolute atomic E-state index is 0.287. The molecule has 2 N–H and O–H groups in total. The lowest BCUT2D eigenvalue weighted by atomic mass is 9.75. The normalized spacial score (nSPS) is 17.1. The summed E-state index contributed by atoms with van der Waals surface area (Å²) in [6.45, 7) is 0.980. The summed E-state index contributed by atoms with van der Waals surface area (Å²) in [4.78, 5) is 9.37. The van der Waals surface area contributed by atoms with Crippen molar-refractivity contribution in [3.05, 3.63) is 23.9 Å². The molecule has 0 unspecified atom stereocenters. The predicted octanol–water partition coefficient (Wildman–Crippen LogP) is 1.64. The first-order chi connectivity index (χ1) is 8.94. The van der Waals surface area contributed by atoms with Crippen molar-refractivity contribution in [2.24, 2.45) is 5.73 Å². The second-order valence-corrected chi connectivity index (χ2v) is 6.04. The summed E-state index contributed by atoms with van der Waals surface area (Å²) in [5, 5.41) is 0. The molecule has 1 aromatic rings. The van der Waals surface area contributed by atoms with Gasteiger partial charge in [0.25, 0.3) is 0 Å². The molecule has 4 nitrogen and oxygen atoms in total. The molecule has 1 saturated carbocycles. The fourth-order valence-electron chi connectivity index (χ4n) is 2.63. The number of hydrogen-bond acceptors (Lipinski definition) is 4. The molecular formula is C14H22N4S. The van der Waals surface area contributed by atoms with Crippen LogP contribution in [0, 0.1) is 0 Å². The van der Waals surface area contributed by atoms with Crippen LogP contribution in [0.25, 0.3) is 0 Å². The van der Waals surface area contributed by atoms with Gasteiger partial charge in [-0.25, -0.2) is 4.98 Å². The van der Waals surface area contributed by atoms with Gasteiger partial charge in [0.15, 0.2) is 0 Å². The summed E-state index contributed by atoms with van der Waals surface area (Å²) in [6, 6.07) is 3.81. The molecule has 2 rings (SSSR count). The molecule has 1 aliphatic rings. The predicted molar refractivity (Wildman–Crippen MR) is 83.7 cm³/mol. The Morgan fingerprint density at radius 1 is 1.42 bits per heavy atom. The molecule has 1 fully saturated rings. The zero-order chi connectivity index (χ0) is 14.0. The van der Waals surface area contributed by atoms with E-state index in [2.05, 4.69) is 35.9 Å². The number of anilines is 1. The lowest BCUT2D eigenvalue weighted by Crippen LogP contribution is -2.56. The largest absolute Gasteiger partial charge is 0.389 e. The average molecular weight is 278 g/mol. The summed E-state index contributed by atoms with van der Waals surface area (Å²) < 4.78 is 0. The fraction of sp³-hybridized carbons (Fsp3) is 0.571. The maximum absolute atomic E-state index is 5.67. The number of nitrogens with two attached hydrogens (primary N) is 1. The van der Waals surface area contributed by atoms with Crippen molar-refractivity contribution in [2.75, 3.05) is 32.6 Å². The summed E-state index contributed by atoms with van der Waals surface area (Å²) in [6.07, 6.45) is 5.58. The first kappa shape index (κ1) is 14.2. The van der Waals surface area contributed by atoms with Crippen molar-refractivity contribution < 1.29 is 0 Å². The van der Waals surface area contributed by atoms with Crippen LogP contribution in [0.1, 0.15) is 24.8 Å². The Morgan fingerprint density at radius 2 is 2.11 bits per heavy atom. The third-order valence-electron chi connectivity index (χ3n) is 4.19. The van der Waals surface area contributed by atoms with Gasteiger partial charge in [0.2, 0.25) is 0 Å². The molecular weight excluding hydrogens is 256 g/mol. The maximum atomic E-state index is 5.67. The van der Waals surface area contributed by atoms with E-state index in [-0.39, 0.29) is 5.54 Å². The average Bonchev–Trinajstić information content (AvgIpc) is 2.33. The third-order valence-corrected chi connectivity index (χ3v) is 4.42. The Balaban J connectivity index is 2.13. The molecule has 5 heteroatoms. The Hall–Kier alpha value is -1.20. The third kappa shape index (κ3) is 2.87. The van der Waals surface area contributed by atoms with Crippen LogP contribution < -0.4 is 10.6 Å². The van der Waals surface area contributed by atoms with E-state index in [0.29, 0.717) is 4.99 Å². The number of rotatable bonds is 5. The van der Waals surface area contributed by atoms with Crippen LogP contribution >= 0.6 is 12.2 Å². The smallest absolute Gasteiger partial charge is 0.128 e. The zero-order valence-corrected chi connectivity index (χ0v) is 12.7. The molecule has 1 heterocycles. The maximum Gasteiger partial charge on any atom is 0.128 e. The van der Waals surface area contributed by atoms with Gasteiger partial charge >= 0.3 is 0 Å². The number of aromatic nitrogens is 1. The van der Waals surface area contributed by atoms with E-state index in [1.807, 2.05) is 12.1 Å². The zero-order valence-electron chi connectivity index (χ0n) is 11.9. The van der Waals surface area contributed by atoms with E-state index >= 15 is 0 Å². The van der Waals surface area contributed by atoms with E-state index < -0.39 is 0 Å². The summed E-state index contributed by atoms with van der Waals surface area (Å²) in [5.74, 6) is 0.929. The molecule has 0 spiro atoms. The van der Waals surface area contributed by atoms with Gasteiger partial charge in [0, 0.05) is 30.9 Å². The Labute approximate surface area is 120 Å². The van der Waals surface area contributed by atoms with Gasteiger partial charge in [0.05, 0.1) is 0 Å². The molecule has 19 heavy (non-hydrogen) atoms. The van der Waals surface area contributed by atoms with Crippen molar-refractivity contribution in [3.8, 4) is 0 Å². The van der Waals surface area contributed by atoms with Gasteiger partial charge in [0.1, 0.15) is 10.8 Å². The highest BCUT2D eigenvalue weighted by atomic mass is 32.1. The Bertz CT molecular complexity index is 468. The number of likely N-dealkylation sites (N-methyl/N-ethyl adjacent to an activating group) is 2.